The Balaban J connectivity index is 2.23. The minimum absolute atomic E-state index is 0.328. The molecule has 0 radical (unpaired) electrons. The first-order valence-corrected chi connectivity index (χ1v) is 7.93. The Hall–Kier alpha value is -3.55. The summed E-state index contributed by atoms with van der Waals surface area (Å²) in [7, 11) is 6.11. The van der Waals surface area contributed by atoms with E-state index in [-0.39, 0.29) is 0 Å². The van der Waals surface area contributed by atoms with Crippen molar-refractivity contribution >= 4 is 5.69 Å². The van der Waals surface area contributed by atoms with E-state index in [0.29, 0.717) is 45.5 Å². The zero-order valence-corrected chi connectivity index (χ0v) is 15.3. The quantitative estimate of drug-likeness (QED) is 0.568. The van der Waals surface area contributed by atoms with Gasteiger partial charge in [-0.2, -0.15) is 0 Å². The van der Waals surface area contributed by atoms with Crippen LogP contribution in [-0.4, -0.2) is 33.6 Å². The van der Waals surface area contributed by atoms with E-state index in [4.69, 9.17) is 23.5 Å². The van der Waals surface area contributed by atoms with Gasteiger partial charge in [0, 0.05) is 11.1 Å². The van der Waals surface area contributed by atoms with Crippen molar-refractivity contribution in [2.24, 2.45) is 5.18 Å². The average molecular weight is 370 g/mol. The fourth-order valence-electron chi connectivity index (χ4n) is 2.85. The Kier molecular flexibility index (Phi) is 5.25. The molecule has 0 saturated carbocycles. The SMILES string of the molecule is COc1cc(-c2conc2-c2ccc(N=O)cc2)c(OC)c(OC)c1OC. The van der Waals surface area contributed by atoms with Crippen LogP contribution in [0, 0.1) is 4.91 Å². The number of rotatable bonds is 7. The van der Waals surface area contributed by atoms with Gasteiger partial charge in [0.05, 0.1) is 34.0 Å². The van der Waals surface area contributed by atoms with E-state index < -0.39 is 0 Å². The zero-order chi connectivity index (χ0) is 19.4. The molecule has 0 amide bonds. The molecule has 0 bridgehead atoms. The summed E-state index contributed by atoms with van der Waals surface area (Å²) in [6, 6.07) is 8.45. The van der Waals surface area contributed by atoms with Gasteiger partial charge in [-0.05, 0) is 23.4 Å². The molecular weight excluding hydrogens is 352 g/mol. The van der Waals surface area contributed by atoms with Crippen LogP contribution in [0.2, 0.25) is 0 Å². The normalized spacial score (nSPS) is 10.4. The molecule has 8 nitrogen and oxygen atoms in total. The fraction of sp³-hybridized carbons (Fsp3) is 0.211. The van der Waals surface area contributed by atoms with Gasteiger partial charge < -0.3 is 23.5 Å². The molecule has 0 aliphatic rings. The van der Waals surface area contributed by atoms with Crippen molar-refractivity contribution in [3.05, 3.63) is 41.5 Å². The highest BCUT2D eigenvalue weighted by atomic mass is 16.5. The average Bonchev–Trinajstić information content (AvgIpc) is 3.21. The lowest BCUT2D eigenvalue weighted by Gasteiger charge is -2.18. The monoisotopic (exact) mass is 370 g/mol. The third-order valence-electron chi connectivity index (χ3n) is 4.09. The van der Waals surface area contributed by atoms with Crippen LogP contribution in [0.15, 0.2) is 46.3 Å². The summed E-state index contributed by atoms with van der Waals surface area (Å²) >= 11 is 0. The molecule has 0 unspecified atom stereocenters. The number of nitrogens with zero attached hydrogens (tertiary/aromatic N) is 2. The largest absolute Gasteiger partial charge is 0.493 e. The third kappa shape index (κ3) is 3.17. The van der Waals surface area contributed by atoms with Gasteiger partial charge in [0.25, 0.3) is 0 Å². The Bertz CT molecular complexity index is 950. The number of methoxy groups -OCH3 is 4. The summed E-state index contributed by atoms with van der Waals surface area (Å²) in [5.41, 5.74) is 2.97. The summed E-state index contributed by atoms with van der Waals surface area (Å²) in [5, 5.41) is 7.00. The van der Waals surface area contributed by atoms with E-state index in [1.807, 2.05) is 0 Å². The maximum Gasteiger partial charge on any atom is 0.207 e. The Morgan fingerprint density at radius 3 is 2.07 bits per heavy atom. The van der Waals surface area contributed by atoms with Gasteiger partial charge in [0.15, 0.2) is 11.5 Å². The lowest BCUT2D eigenvalue weighted by Crippen LogP contribution is -2.00. The van der Waals surface area contributed by atoms with Crippen LogP contribution in [0.5, 0.6) is 23.0 Å². The molecule has 3 rings (SSSR count). The van der Waals surface area contributed by atoms with Crippen molar-refractivity contribution in [1.82, 2.24) is 5.16 Å². The maximum atomic E-state index is 10.6. The number of hydrogen-bond donors (Lipinski definition) is 0. The lowest BCUT2D eigenvalue weighted by molar-refractivity contribution is 0.306. The molecule has 1 aromatic heterocycles. The van der Waals surface area contributed by atoms with Crippen LogP contribution in [0.4, 0.5) is 5.69 Å². The van der Waals surface area contributed by atoms with E-state index in [0.717, 1.165) is 5.56 Å². The molecule has 27 heavy (non-hydrogen) atoms. The van der Waals surface area contributed by atoms with Crippen molar-refractivity contribution in [1.29, 1.82) is 0 Å². The second kappa shape index (κ2) is 7.77. The molecule has 140 valence electrons. The Labute approximate surface area is 155 Å². The van der Waals surface area contributed by atoms with Gasteiger partial charge in [-0.3, -0.25) is 0 Å². The molecule has 8 heteroatoms. The highest BCUT2D eigenvalue weighted by molar-refractivity contribution is 5.87. The highest BCUT2D eigenvalue weighted by Gasteiger charge is 2.25. The lowest BCUT2D eigenvalue weighted by atomic mass is 9.99. The highest BCUT2D eigenvalue weighted by Crippen LogP contribution is 2.51. The minimum atomic E-state index is 0.328. The number of benzene rings is 2. The molecule has 1 heterocycles. The van der Waals surface area contributed by atoms with Crippen LogP contribution >= 0.6 is 0 Å². The molecular formula is C19H18N2O6. The molecule has 0 saturated heterocycles. The van der Waals surface area contributed by atoms with E-state index >= 15 is 0 Å². The minimum Gasteiger partial charge on any atom is -0.493 e. The standard InChI is InChI=1S/C19H18N2O6/c1-23-15-9-13(17(24-2)19(26-4)18(15)25-3)14-10-27-21-16(14)11-5-7-12(20-22)8-6-11/h5-10H,1-4H3. The Morgan fingerprint density at radius 1 is 0.852 bits per heavy atom. The van der Waals surface area contributed by atoms with Gasteiger partial charge in [-0.15, -0.1) is 4.91 Å². The van der Waals surface area contributed by atoms with Gasteiger partial charge in [-0.25, -0.2) is 0 Å². The van der Waals surface area contributed by atoms with Crippen molar-refractivity contribution in [3.63, 3.8) is 0 Å². The summed E-state index contributed by atoms with van der Waals surface area (Å²) in [6.07, 6.45) is 1.50. The van der Waals surface area contributed by atoms with Crippen LogP contribution in [0.1, 0.15) is 0 Å². The number of ether oxygens (including phenoxy) is 4. The molecule has 0 atom stereocenters. The summed E-state index contributed by atoms with van der Waals surface area (Å²) in [4.78, 5) is 10.6. The van der Waals surface area contributed by atoms with Crippen LogP contribution in [-0.2, 0) is 0 Å². The smallest absolute Gasteiger partial charge is 0.207 e. The third-order valence-corrected chi connectivity index (χ3v) is 4.09. The van der Waals surface area contributed by atoms with Crippen LogP contribution < -0.4 is 18.9 Å². The van der Waals surface area contributed by atoms with Crippen LogP contribution in [0.25, 0.3) is 22.4 Å². The van der Waals surface area contributed by atoms with Crippen LogP contribution in [0.3, 0.4) is 0 Å². The van der Waals surface area contributed by atoms with E-state index in [9.17, 15) is 4.91 Å². The first-order valence-electron chi connectivity index (χ1n) is 7.93. The van der Waals surface area contributed by atoms with Crippen molar-refractivity contribution in [2.45, 2.75) is 0 Å². The fourth-order valence-corrected chi connectivity index (χ4v) is 2.85. The van der Waals surface area contributed by atoms with Crippen molar-refractivity contribution < 1.29 is 23.5 Å². The summed E-state index contributed by atoms with van der Waals surface area (Å²) in [5.74, 6) is 1.73. The topological polar surface area (TPSA) is 92.4 Å². The predicted octanol–water partition coefficient (Wildman–Crippen LogP) is 4.44. The summed E-state index contributed by atoms with van der Waals surface area (Å²) in [6.45, 7) is 0. The van der Waals surface area contributed by atoms with Gasteiger partial charge in [0.1, 0.15) is 17.6 Å². The van der Waals surface area contributed by atoms with Crippen molar-refractivity contribution in [2.75, 3.05) is 28.4 Å². The second-order valence-corrected chi connectivity index (χ2v) is 5.44. The van der Waals surface area contributed by atoms with E-state index in [2.05, 4.69) is 10.3 Å². The second-order valence-electron chi connectivity index (χ2n) is 5.44. The molecule has 3 aromatic rings. The number of nitroso groups, excluding NO2 is 1. The molecule has 0 aliphatic heterocycles. The zero-order valence-electron chi connectivity index (χ0n) is 15.3. The summed E-state index contributed by atoms with van der Waals surface area (Å²) < 4.78 is 27.1. The first kappa shape index (κ1) is 18.2. The maximum absolute atomic E-state index is 10.6. The molecule has 0 N–H and O–H groups in total. The van der Waals surface area contributed by atoms with E-state index in [1.165, 1.54) is 34.7 Å². The molecule has 0 spiro atoms. The van der Waals surface area contributed by atoms with Gasteiger partial charge in [-0.1, -0.05) is 17.3 Å². The first-order chi connectivity index (χ1) is 13.2. The molecule has 0 aliphatic carbocycles. The Morgan fingerprint density at radius 2 is 1.52 bits per heavy atom. The van der Waals surface area contributed by atoms with E-state index in [1.54, 1.807) is 30.3 Å². The molecule has 0 fully saturated rings. The predicted molar refractivity (Wildman–Crippen MR) is 99.0 cm³/mol. The van der Waals surface area contributed by atoms with Gasteiger partial charge >= 0.3 is 0 Å². The number of hydrogen-bond acceptors (Lipinski definition) is 8. The number of aromatic nitrogens is 1. The van der Waals surface area contributed by atoms with Gasteiger partial charge in [0.2, 0.25) is 11.5 Å². The van der Waals surface area contributed by atoms with Crippen molar-refractivity contribution in [3.8, 4) is 45.4 Å². The molecule has 2 aromatic carbocycles.